The molecule has 0 atom stereocenters. The van der Waals surface area contributed by atoms with Crippen molar-refractivity contribution < 1.29 is 4.79 Å². The van der Waals surface area contributed by atoms with Crippen LogP contribution < -0.4 is 5.32 Å². The molecule has 7 heteroatoms. The summed E-state index contributed by atoms with van der Waals surface area (Å²) in [6.45, 7) is 1.27. The first-order valence-electron chi connectivity index (χ1n) is 10.7. The molecule has 5 rings (SSSR count). The number of fused-ring (bicyclic) bond motifs is 3. The highest BCUT2D eigenvalue weighted by atomic mass is 16.2. The van der Waals surface area contributed by atoms with Crippen molar-refractivity contribution in [3.8, 4) is 0 Å². The Balaban J connectivity index is 1.41. The van der Waals surface area contributed by atoms with Crippen molar-refractivity contribution in [2.75, 3.05) is 11.9 Å². The van der Waals surface area contributed by atoms with E-state index in [0.717, 1.165) is 38.9 Å². The Labute approximate surface area is 191 Å². The first-order valence-corrected chi connectivity index (χ1v) is 10.7. The number of amides is 1. The molecule has 0 radical (unpaired) electrons. The van der Waals surface area contributed by atoms with Crippen molar-refractivity contribution in [1.82, 2.24) is 24.8 Å². The van der Waals surface area contributed by atoms with Crippen LogP contribution in [-0.4, -0.2) is 37.3 Å². The Bertz CT molecular complexity index is 1350. The Kier molecular flexibility index (Phi) is 5.95. The summed E-state index contributed by atoms with van der Waals surface area (Å²) < 4.78 is 0. The SMILES string of the molecule is O=C(CN(Cc1ccccn1)Cc1ccccn1)Nc1cc2cccnc2c2ncccc12. The van der Waals surface area contributed by atoms with Crippen molar-refractivity contribution >= 4 is 33.4 Å². The van der Waals surface area contributed by atoms with Crippen molar-refractivity contribution in [2.45, 2.75) is 13.1 Å². The summed E-state index contributed by atoms with van der Waals surface area (Å²) in [5, 5.41) is 4.88. The van der Waals surface area contributed by atoms with E-state index in [2.05, 4.69) is 25.3 Å². The van der Waals surface area contributed by atoms with Crippen molar-refractivity contribution in [1.29, 1.82) is 0 Å². The summed E-state index contributed by atoms with van der Waals surface area (Å²) in [7, 11) is 0. The van der Waals surface area contributed by atoms with E-state index in [-0.39, 0.29) is 12.5 Å². The summed E-state index contributed by atoms with van der Waals surface area (Å²) in [5.74, 6) is -0.116. The molecule has 33 heavy (non-hydrogen) atoms. The van der Waals surface area contributed by atoms with Crippen molar-refractivity contribution in [2.24, 2.45) is 0 Å². The minimum Gasteiger partial charge on any atom is -0.324 e. The van der Waals surface area contributed by atoms with E-state index in [1.54, 1.807) is 24.8 Å². The Hall–Kier alpha value is -4.23. The zero-order valence-electron chi connectivity index (χ0n) is 17.9. The normalized spacial score (nSPS) is 11.2. The minimum absolute atomic E-state index is 0.116. The molecule has 0 spiro atoms. The van der Waals surface area contributed by atoms with Crippen LogP contribution in [0.5, 0.6) is 0 Å². The number of nitrogens with one attached hydrogen (secondary N) is 1. The van der Waals surface area contributed by atoms with Crippen LogP contribution in [0.25, 0.3) is 21.8 Å². The van der Waals surface area contributed by atoms with Crippen LogP contribution in [0, 0.1) is 0 Å². The number of hydrogen-bond donors (Lipinski definition) is 1. The second-order valence-corrected chi connectivity index (χ2v) is 7.73. The van der Waals surface area contributed by atoms with Gasteiger partial charge in [-0.3, -0.25) is 29.6 Å². The molecule has 1 amide bonds. The lowest BCUT2D eigenvalue weighted by molar-refractivity contribution is -0.117. The van der Waals surface area contributed by atoms with E-state index >= 15 is 0 Å². The number of rotatable bonds is 7. The van der Waals surface area contributed by atoms with E-state index in [1.807, 2.05) is 71.6 Å². The number of aromatic nitrogens is 4. The van der Waals surface area contributed by atoms with Gasteiger partial charge in [-0.15, -0.1) is 0 Å². The molecule has 0 fully saturated rings. The largest absolute Gasteiger partial charge is 0.324 e. The third kappa shape index (κ3) is 4.83. The monoisotopic (exact) mass is 434 g/mol. The van der Waals surface area contributed by atoms with Crippen molar-refractivity contribution in [3.63, 3.8) is 0 Å². The first kappa shape index (κ1) is 20.7. The maximum Gasteiger partial charge on any atom is 0.238 e. The molecule has 0 saturated carbocycles. The minimum atomic E-state index is -0.116. The van der Waals surface area contributed by atoms with Gasteiger partial charge < -0.3 is 5.32 Å². The quantitative estimate of drug-likeness (QED) is 0.386. The van der Waals surface area contributed by atoms with Gasteiger partial charge in [-0.25, -0.2) is 0 Å². The second kappa shape index (κ2) is 9.50. The molecule has 0 saturated heterocycles. The van der Waals surface area contributed by atoms with Crippen LogP contribution in [0.1, 0.15) is 11.4 Å². The van der Waals surface area contributed by atoms with Crippen LogP contribution in [0.2, 0.25) is 0 Å². The second-order valence-electron chi connectivity index (χ2n) is 7.73. The standard InChI is InChI=1S/C26H22N6O/c33-24(18-32(16-20-8-1-3-11-27-20)17-21-9-2-4-12-28-21)31-23-15-19-7-5-13-29-25(19)26-22(23)10-6-14-30-26/h1-15H,16-18H2,(H,31,33). The molecule has 0 aliphatic heterocycles. The maximum absolute atomic E-state index is 13.2. The molecule has 0 unspecified atom stereocenters. The fraction of sp³-hybridized carbons (Fsp3) is 0.115. The van der Waals surface area contributed by atoms with Crippen LogP contribution >= 0.6 is 0 Å². The summed E-state index contributed by atoms with van der Waals surface area (Å²) in [5.41, 5.74) is 4.10. The number of hydrogen-bond acceptors (Lipinski definition) is 6. The number of carbonyl (C=O) groups excluding carboxylic acids is 1. The fourth-order valence-electron chi connectivity index (χ4n) is 3.88. The predicted molar refractivity (Wildman–Crippen MR) is 128 cm³/mol. The zero-order valence-corrected chi connectivity index (χ0v) is 17.9. The number of carbonyl (C=O) groups is 1. The Morgan fingerprint density at radius 1 is 0.727 bits per heavy atom. The molecular formula is C26H22N6O. The van der Waals surface area contributed by atoms with Gasteiger partial charge in [-0.2, -0.15) is 0 Å². The lowest BCUT2D eigenvalue weighted by Gasteiger charge is -2.21. The average molecular weight is 435 g/mol. The van der Waals surface area contributed by atoms with Gasteiger partial charge in [-0.1, -0.05) is 18.2 Å². The van der Waals surface area contributed by atoms with Crippen LogP contribution in [0.3, 0.4) is 0 Å². The highest BCUT2D eigenvalue weighted by molar-refractivity contribution is 6.12. The van der Waals surface area contributed by atoms with Gasteiger partial charge in [0.1, 0.15) is 0 Å². The van der Waals surface area contributed by atoms with Crippen LogP contribution in [0.4, 0.5) is 5.69 Å². The number of nitrogens with zero attached hydrogens (tertiary/aromatic N) is 5. The first-order chi connectivity index (χ1) is 16.3. The highest BCUT2D eigenvalue weighted by Crippen LogP contribution is 2.29. The average Bonchev–Trinajstić information content (AvgIpc) is 2.85. The van der Waals surface area contributed by atoms with Crippen molar-refractivity contribution in [3.05, 3.63) is 103 Å². The molecule has 4 aromatic heterocycles. The van der Waals surface area contributed by atoms with Gasteiger partial charge >= 0.3 is 0 Å². The van der Waals surface area contributed by atoms with Gasteiger partial charge in [0.2, 0.25) is 5.91 Å². The molecule has 4 heterocycles. The Morgan fingerprint density at radius 3 is 2.03 bits per heavy atom. The molecular weight excluding hydrogens is 412 g/mol. The molecule has 7 nitrogen and oxygen atoms in total. The highest BCUT2D eigenvalue weighted by Gasteiger charge is 2.16. The molecule has 0 aliphatic carbocycles. The molecule has 5 aromatic rings. The van der Waals surface area contributed by atoms with Gasteiger partial charge in [-0.05, 0) is 48.5 Å². The zero-order chi connectivity index (χ0) is 22.5. The summed E-state index contributed by atoms with van der Waals surface area (Å²) in [6, 6.07) is 21.2. The number of benzene rings is 1. The summed E-state index contributed by atoms with van der Waals surface area (Å²) >= 11 is 0. The van der Waals surface area contributed by atoms with Crippen LogP contribution in [-0.2, 0) is 17.9 Å². The van der Waals surface area contributed by atoms with E-state index in [4.69, 9.17) is 0 Å². The van der Waals surface area contributed by atoms with E-state index < -0.39 is 0 Å². The summed E-state index contributed by atoms with van der Waals surface area (Å²) in [4.78, 5) is 33.0. The molecule has 1 N–H and O–H groups in total. The fourth-order valence-corrected chi connectivity index (χ4v) is 3.88. The lowest BCUT2D eigenvalue weighted by Crippen LogP contribution is -2.33. The van der Waals surface area contributed by atoms with E-state index in [9.17, 15) is 4.79 Å². The molecule has 0 aliphatic rings. The Morgan fingerprint density at radius 2 is 1.36 bits per heavy atom. The topological polar surface area (TPSA) is 83.9 Å². The van der Waals surface area contributed by atoms with Gasteiger partial charge in [0, 0.05) is 48.6 Å². The van der Waals surface area contributed by atoms with E-state index in [1.165, 1.54) is 0 Å². The smallest absolute Gasteiger partial charge is 0.238 e. The van der Waals surface area contributed by atoms with Gasteiger partial charge in [0.15, 0.2) is 0 Å². The third-order valence-electron chi connectivity index (χ3n) is 5.33. The predicted octanol–water partition coefficient (Wildman–Crippen LogP) is 4.21. The van der Waals surface area contributed by atoms with Gasteiger partial charge in [0.05, 0.1) is 34.7 Å². The van der Waals surface area contributed by atoms with E-state index in [0.29, 0.717) is 13.1 Å². The maximum atomic E-state index is 13.2. The third-order valence-corrected chi connectivity index (χ3v) is 5.33. The molecule has 0 bridgehead atoms. The summed E-state index contributed by atoms with van der Waals surface area (Å²) in [6.07, 6.45) is 7.01. The molecule has 1 aromatic carbocycles. The number of anilines is 1. The van der Waals surface area contributed by atoms with Gasteiger partial charge in [0.25, 0.3) is 0 Å². The number of pyridine rings is 4. The lowest BCUT2D eigenvalue weighted by atomic mass is 10.1. The molecule has 162 valence electrons. The van der Waals surface area contributed by atoms with Crippen LogP contribution in [0.15, 0.2) is 91.5 Å².